The van der Waals surface area contributed by atoms with E-state index in [-0.39, 0.29) is 16.5 Å². The van der Waals surface area contributed by atoms with E-state index in [2.05, 4.69) is 9.71 Å². The van der Waals surface area contributed by atoms with Crippen LogP contribution in [0.4, 0.5) is 18.9 Å². The van der Waals surface area contributed by atoms with Crippen LogP contribution in [0.5, 0.6) is 0 Å². The molecule has 21 heavy (non-hydrogen) atoms. The van der Waals surface area contributed by atoms with Crippen LogP contribution in [0.15, 0.2) is 34.0 Å². The lowest BCUT2D eigenvalue weighted by molar-refractivity contribution is -0.141. The Kier molecular flexibility index (Phi) is 4.21. The molecule has 0 unspecified atom stereocenters. The van der Waals surface area contributed by atoms with Crippen molar-refractivity contribution in [2.75, 3.05) is 4.72 Å². The van der Waals surface area contributed by atoms with Gasteiger partial charge in [-0.15, -0.1) is 11.3 Å². The number of hydrogen-bond acceptors (Lipinski definition) is 5. The van der Waals surface area contributed by atoms with Crippen LogP contribution in [0.2, 0.25) is 0 Å². The number of alkyl halides is 3. The van der Waals surface area contributed by atoms with Gasteiger partial charge >= 0.3 is 6.18 Å². The molecule has 0 amide bonds. The first-order valence-electron chi connectivity index (χ1n) is 5.47. The summed E-state index contributed by atoms with van der Waals surface area (Å²) < 4.78 is 63.1. The van der Waals surface area contributed by atoms with Crippen molar-refractivity contribution in [1.29, 1.82) is 0 Å². The average Bonchev–Trinajstić information content (AvgIpc) is 2.87. The van der Waals surface area contributed by atoms with E-state index in [9.17, 15) is 21.6 Å². The predicted molar refractivity (Wildman–Crippen MR) is 70.3 cm³/mol. The maximum absolute atomic E-state index is 12.3. The van der Waals surface area contributed by atoms with Gasteiger partial charge < -0.3 is 5.11 Å². The van der Waals surface area contributed by atoms with E-state index < -0.39 is 21.9 Å². The number of halogens is 3. The molecule has 0 aliphatic rings. The van der Waals surface area contributed by atoms with Crippen molar-refractivity contribution in [1.82, 2.24) is 4.98 Å². The van der Waals surface area contributed by atoms with Crippen LogP contribution in [-0.4, -0.2) is 18.5 Å². The Bertz CT molecular complexity index is 724. The largest absolute Gasteiger partial charge is 0.433 e. The highest BCUT2D eigenvalue weighted by molar-refractivity contribution is 7.94. The number of nitrogens with one attached hydrogen (secondary N) is 1. The van der Waals surface area contributed by atoms with Gasteiger partial charge in [0.15, 0.2) is 0 Å². The van der Waals surface area contributed by atoms with Gasteiger partial charge in [-0.3, -0.25) is 4.72 Å². The van der Waals surface area contributed by atoms with Crippen molar-refractivity contribution in [3.05, 3.63) is 41.0 Å². The van der Waals surface area contributed by atoms with Crippen LogP contribution in [-0.2, 0) is 22.8 Å². The molecule has 2 aromatic rings. The number of anilines is 1. The lowest BCUT2D eigenvalue weighted by Crippen LogP contribution is -2.13. The normalized spacial score (nSPS) is 12.4. The summed E-state index contributed by atoms with van der Waals surface area (Å²) in [5, 5.41) is 10.4. The Morgan fingerprint density at radius 2 is 2.05 bits per heavy atom. The van der Waals surface area contributed by atoms with Gasteiger partial charge in [-0.1, -0.05) is 0 Å². The first-order valence-corrected chi connectivity index (χ1v) is 7.83. The second-order valence-electron chi connectivity index (χ2n) is 3.97. The summed E-state index contributed by atoms with van der Waals surface area (Å²) in [6.45, 7) is -0.298. The fourth-order valence-corrected chi connectivity index (χ4v) is 3.65. The Balaban J connectivity index is 2.21. The summed E-state index contributed by atoms with van der Waals surface area (Å²) in [6, 6.07) is 2.95. The number of nitrogens with zero attached hydrogens (tertiary/aromatic N) is 1. The summed E-state index contributed by atoms with van der Waals surface area (Å²) in [6.07, 6.45) is -3.79. The smallest absolute Gasteiger partial charge is 0.392 e. The number of hydrogen-bond donors (Lipinski definition) is 2. The van der Waals surface area contributed by atoms with E-state index in [0.717, 1.165) is 23.6 Å². The number of aliphatic hydroxyl groups excluding tert-OH is 1. The van der Waals surface area contributed by atoms with E-state index in [1.165, 1.54) is 11.4 Å². The van der Waals surface area contributed by atoms with Gasteiger partial charge in [0.25, 0.3) is 10.0 Å². The number of aromatic nitrogens is 1. The van der Waals surface area contributed by atoms with Crippen LogP contribution in [0.25, 0.3) is 0 Å². The fraction of sp³-hybridized carbons (Fsp3) is 0.182. The highest BCUT2D eigenvalue weighted by Crippen LogP contribution is 2.28. The Morgan fingerprint density at radius 1 is 1.33 bits per heavy atom. The molecule has 0 aliphatic heterocycles. The van der Waals surface area contributed by atoms with E-state index in [4.69, 9.17) is 5.11 Å². The molecule has 0 aromatic carbocycles. The maximum atomic E-state index is 12.3. The molecule has 0 spiro atoms. The molecule has 2 rings (SSSR count). The van der Waals surface area contributed by atoms with Crippen LogP contribution in [0.1, 0.15) is 11.3 Å². The van der Waals surface area contributed by atoms with Crippen LogP contribution in [0, 0.1) is 0 Å². The zero-order valence-electron chi connectivity index (χ0n) is 10.3. The molecule has 2 aromatic heterocycles. The molecule has 0 saturated heterocycles. The average molecular weight is 338 g/mol. The zero-order valence-corrected chi connectivity index (χ0v) is 11.9. The molecule has 0 aliphatic carbocycles. The lowest BCUT2D eigenvalue weighted by Gasteiger charge is -2.08. The minimum atomic E-state index is -4.58. The first kappa shape index (κ1) is 15.7. The summed E-state index contributed by atoms with van der Waals surface area (Å²) >= 11 is 0.897. The minimum Gasteiger partial charge on any atom is -0.392 e. The summed E-state index contributed by atoms with van der Waals surface area (Å²) in [7, 11) is -3.91. The Labute approximate surface area is 122 Å². The molecule has 2 heterocycles. The first-order chi connectivity index (χ1) is 9.72. The third-order valence-corrected chi connectivity index (χ3v) is 5.25. The van der Waals surface area contributed by atoms with Crippen LogP contribution < -0.4 is 4.72 Å². The van der Waals surface area contributed by atoms with Gasteiger partial charge in [0.1, 0.15) is 9.90 Å². The van der Waals surface area contributed by atoms with E-state index in [1.54, 1.807) is 0 Å². The molecular weight excluding hydrogens is 329 g/mol. The van der Waals surface area contributed by atoms with Gasteiger partial charge in [-0.05, 0) is 29.1 Å². The molecule has 0 radical (unpaired) electrons. The number of pyridine rings is 1. The molecule has 0 atom stereocenters. The number of aliphatic hydroxyl groups is 1. The SMILES string of the molecule is O=S(=O)(Nc1ccc(C(F)(F)F)nc1)c1cc(CO)cs1. The summed E-state index contributed by atoms with van der Waals surface area (Å²) in [5.41, 5.74) is -0.753. The third-order valence-electron chi connectivity index (χ3n) is 2.38. The van der Waals surface area contributed by atoms with Gasteiger partial charge in [-0.25, -0.2) is 13.4 Å². The lowest BCUT2D eigenvalue weighted by atomic mass is 10.3. The van der Waals surface area contributed by atoms with E-state index in [1.807, 2.05) is 0 Å². The van der Waals surface area contributed by atoms with Gasteiger partial charge in [0.05, 0.1) is 18.5 Å². The van der Waals surface area contributed by atoms with Crippen LogP contribution in [0.3, 0.4) is 0 Å². The summed E-state index contributed by atoms with van der Waals surface area (Å²) in [4.78, 5) is 3.16. The highest BCUT2D eigenvalue weighted by atomic mass is 32.2. The zero-order chi connectivity index (χ0) is 15.7. The monoisotopic (exact) mass is 338 g/mol. The van der Waals surface area contributed by atoms with Crippen molar-refractivity contribution in [3.63, 3.8) is 0 Å². The van der Waals surface area contributed by atoms with Gasteiger partial charge in [0, 0.05) is 0 Å². The molecule has 10 heteroatoms. The Morgan fingerprint density at radius 3 is 2.52 bits per heavy atom. The fourth-order valence-electron chi connectivity index (χ4n) is 1.40. The molecule has 0 fully saturated rings. The maximum Gasteiger partial charge on any atom is 0.433 e. The predicted octanol–water partition coefficient (Wildman–Crippen LogP) is 2.46. The summed E-state index contributed by atoms with van der Waals surface area (Å²) in [5.74, 6) is 0. The minimum absolute atomic E-state index is 0.0496. The van der Waals surface area contributed by atoms with Crippen molar-refractivity contribution in [2.24, 2.45) is 0 Å². The van der Waals surface area contributed by atoms with Gasteiger partial charge in [0.2, 0.25) is 0 Å². The number of rotatable bonds is 4. The highest BCUT2D eigenvalue weighted by Gasteiger charge is 2.32. The third kappa shape index (κ3) is 3.71. The molecule has 114 valence electrons. The standard InChI is InChI=1S/C11H9F3N2O3S2/c12-11(13,14)9-2-1-8(4-15-9)16-21(18,19)10-3-7(5-17)6-20-10/h1-4,6,16-17H,5H2. The quantitative estimate of drug-likeness (QED) is 0.897. The van der Waals surface area contributed by atoms with Crippen molar-refractivity contribution < 1.29 is 26.7 Å². The topological polar surface area (TPSA) is 79.3 Å². The van der Waals surface area contributed by atoms with Crippen LogP contribution >= 0.6 is 11.3 Å². The molecule has 2 N–H and O–H groups in total. The second kappa shape index (κ2) is 5.62. The molecular formula is C11H9F3N2O3S2. The second-order valence-corrected chi connectivity index (χ2v) is 6.79. The van der Waals surface area contributed by atoms with Crippen molar-refractivity contribution in [3.8, 4) is 0 Å². The van der Waals surface area contributed by atoms with Crippen molar-refractivity contribution in [2.45, 2.75) is 17.0 Å². The van der Waals surface area contributed by atoms with Crippen molar-refractivity contribution >= 4 is 27.0 Å². The van der Waals surface area contributed by atoms with E-state index >= 15 is 0 Å². The van der Waals surface area contributed by atoms with E-state index in [0.29, 0.717) is 11.6 Å². The molecule has 5 nitrogen and oxygen atoms in total. The number of thiophene rings is 1. The molecule has 0 bridgehead atoms. The molecule has 0 saturated carbocycles. The Hall–Kier alpha value is -1.65. The number of sulfonamides is 1. The van der Waals surface area contributed by atoms with Gasteiger partial charge in [-0.2, -0.15) is 13.2 Å².